The molecule has 1 aliphatic heterocycles. The number of likely N-dealkylation sites (tertiary alicyclic amines) is 1. The number of aliphatic hydroxyl groups is 1. The van der Waals surface area contributed by atoms with Gasteiger partial charge in [-0.1, -0.05) is 18.2 Å². The lowest BCUT2D eigenvalue weighted by Crippen LogP contribution is -2.38. The Hall–Kier alpha value is -3.00. The molecule has 2 fully saturated rings. The smallest absolute Gasteiger partial charge is 0.225 e. The summed E-state index contributed by atoms with van der Waals surface area (Å²) in [5, 5.41) is 18.7. The molecule has 156 valence electrons. The molecule has 8 nitrogen and oxygen atoms in total. The number of β-amino-alcohol motifs (C(OH)–C–C–N with tert-alkyl or cyclic N) is 1. The van der Waals surface area contributed by atoms with Crippen LogP contribution in [0.1, 0.15) is 32.1 Å². The normalized spacial score (nSPS) is 24.3. The van der Waals surface area contributed by atoms with Gasteiger partial charge in [-0.25, -0.2) is 9.67 Å². The van der Waals surface area contributed by atoms with E-state index < -0.39 is 0 Å². The number of carbonyl (C=O) groups excluding carboxylic acids is 1. The summed E-state index contributed by atoms with van der Waals surface area (Å²) in [5.41, 5.74) is 1.01. The molecule has 2 aromatic heterocycles. The molecule has 3 aromatic rings. The first kappa shape index (κ1) is 19.0. The number of aliphatic hydroxyl groups excluding tert-OH is 1. The predicted molar refractivity (Wildman–Crippen MR) is 113 cm³/mol. The van der Waals surface area contributed by atoms with Crippen LogP contribution in [0.3, 0.4) is 0 Å². The summed E-state index contributed by atoms with van der Waals surface area (Å²) in [7, 11) is 0. The summed E-state index contributed by atoms with van der Waals surface area (Å²) in [4.78, 5) is 23.5. The summed E-state index contributed by atoms with van der Waals surface area (Å²) in [6.07, 6.45) is 7.44. The van der Waals surface area contributed by atoms with Gasteiger partial charge in [0.05, 0.1) is 17.8 Å². The van der Waals surface area contributed by atoms with Crippen molar-refractivity contribution in [3.63, 3.8) is 0 Å². The first-order valence-electron chi connectivity index (χ1n) is 10.7. The number of benzene rings is 1. The van der Waals surface area contributed by atoms with Gasteiger partial charge >= 0.3 is 0 Å². The third-order valence-electron chi connectivity index (χ3n) is 6.22. The Labute approximate surface area is 174 Å². The summed E-state index contributed by atoms with van der Waals surface area (Å²) < 4.78 is 1.82. The number of nitrogens with one attached hydrogen (secondary N) is 1. The molecule has 1 aromatic carbocycles. The molecular weight excluding hydrogens is 380 g/mol. The van der Waals surface area contributed by atoms with E-state index in [0.29, 0.717) is 25.5 Å². The number of rotatable bonds is 4. The number of para-hydroxylation sites is 1. The highest BCUT2D eigenvalue weighted by Crippen LogP contribution is 2.29. The first-order chi connectivity index (χ1) is 14.7. The van der Waals surface area contributed by atoms with E-state index in [2.05, 4.69) is 20.4 Å². The lowest BCUT2D eigenvalue weighted by molar-refractivity contribution is -0.135. The molecule has 0 spiro atoms. The van der Waals surface area contributed by atoms with Gasteiger partial charge < -0.3 is 15.3 Å². The van der Waals surface area contributed by atoms with Crippen LogP contribution in [0, 0.1) is 5.92 Å². The highest BCUT2D eigenvalue weighted by Gasteiger charge is 2.32. The number of carbonyl (C=O) groups is 1. The Balaban J connectivity index is 1.22. The van der Waals surface area contributed by atoms with Gasteiger partial charge in [0.1, 0.15) is 0 Å². The molecule has 30 heavy (non-hydrogen) atoms. The van der Waals surface area contributed by atoms with Crippen LogP contribution < -0.4 is 5.32 Å². The average molecular weight is 406 g/mol. The van der Waals surface area contributed by atoms with Crippen LogP contribution in [-0.2, 0) is 4.79 Å². The SMILES string of the molecule is O=C(C1CCC(Nc2nccc(-n3ncc4ccccc43)n2)CC1)N1CC[C@H](O)C1. The van der Waals surface area contributed by atoms with Gasteiger partial charge in [0.15, 0.2) is 5.82 Å². The minimum Gasteiger partial charge on any atom is -0.391 e. The Morgan fingerprint density at radius 2 is 1.93 bits per heavy atom. The van der Waals surface area contributed by atoms with Crippen LogP contribution in [0.2, 0.25) is 0 Å². The fraction of sp³-hybridized carbons (Fsp3) is 0.455. The number of hydrogen-bond donors (Lipinski definition) is 2. The number of hydrogen-bond acceptors (Lipinski definition) is 6. The van der Waals surface area contributed by atoms with Crippen LogP contribution >= 0.6 is 0 Å². The second-order valence-electron chi connectivity index (χ2n) is 8.27. The summed E-state index contributed by atoms with van der Waals surface area (Å²) >= 11 is 0. The van der Waals surface area contributed by atoms with E-state index in [4.69, 9.17) is 0 Å². The monoisotopic (exact) mass is 406 g/mol. The number of nitrogens with zero attached hydrogens (tertiary/aromatic N) is 5. The number of anilines is 1. The number of amides is 1. The molecule has 2 N–H and O–H groups in total. The molecule has 2 aliphatic rings. The van der Waals surface area contributed by atoms with Gasteiger partial charge in [-0.05, 0) is 38.2 Å². The summed E-state index contributed by atoms with van der Waals surface area (Å²) in [6, 6.07) is 10.1. The lowest BCUT2D eigenvalue weighted by Gasteiger charge is -2.30. The third kappa shape index (κ3) is 3.75. The van der Waals surface area contributed by atoms with Crippen molar-refractivity contribution < 1.29 is 9.90 Å². The van der Waals surface area contributed by atoms with Crippen LogP contribution in [0.25, 0.3) is 16.7 Å². The lowest BCUT2D eigenvalue weighted by atomic mass is 9.85. The fourth-order valence-electron chi connectivity index (χ4n) is 4.56. The first-order valence-corrected chi connectivity index (χ1v) is 10.7. The maximum atomic E-state index is 12.7. The molecule has 0 bridgehead atoms. The standard InChI is InChI=1S/C22H26N6O2/c29-18-10-12-27(14-18)21(30)15-5-7-17(8-6-15)25-22-23-11-9-20(26-22)28-19-4-2-1-3-16(19)13-24-28/h1-4,9,11,13,15,17-18,29H,5-8,10,12,14H2,(H,23,25,26)/t15?,17?,18-/m0/s1. The van der Waals surface area contributed by atoms with Crippen LogP contribution in [0.15, 0.2) is 42.7 Å². The highest BCUT2D eigenvalue weighted by molar-refractivity contribution is 5.80. The van der Waals surface area contributed by atoms with Crippen molar-refractivity contribution in [2.45, 2.75) is 44.2 Å². The largest absolute Gasteiger partial charge is 0.391 e. The van der Waals surface area contributed by atoms with Crippen LogP contribution in [0.4, 0.5) is 5.95 Å². The van der Waals surface area contributed by atoms with Crippen molar-refractivity contribution in [3.8, 4) is 5.82 Å². The molecule has 5 rings (SSSR count). The predicted octanol–water partition coefficient (Wildman–Crippen LogP) is 2.38. The molecule has 3 heterocycles. The molecule has 0 unspecified atom stereocenters. The zero-order valence-corrected chi connectivity index (χ0v) is 16.8. The van der Waals surface area contributed by atoms with E-state index in [1.807, 2.05) is 46.1 Å². The van der Waals surface area contributed by atoms with Gasteiger partial charge in [-0.2, -0.15) is 10.1 Å². The molecule has 1 saturated carbocycles. The molecule has 1 saturated heterocycles. The zero-order chi connectivity index (χ0) is 20.5. The van der Waals surface area contributed by atoms with Gasteiger partial charge in [0, 0.05) is 42.7 Å². The van der Waals surface area contributed by atoms with Crippen molar-refractivity contribution >= 4 is 22.8 Å². The molecule has 1 amide bonds. The third-order valence-corrected chi connectivity index (χ3v) is 6.22. The topological polar surface area (TPSA) is 96.2 Å². The van der Waals surface area contributed by atoms with Crippen molar-refractivity contribution in [3.05, 3.63) is 42.7 Å². The van der Waals surface area contributed by atoms with E-state index in [1.165, 1.54) is 0 Å². The number of aromatic nitrogens is 4. The Bertz CT molecular complexity index is 1040. The summed E-state index contributed by atoms with van der Waals surface area (Å²) in [5.74, 6) is 1.58. The molecular formula is C22H26N6O2. The van der Waals surface area contributed by atoms with E-state index >= 15 is 0 Å². The fourth-order valence-corrected chi connectivity index (χ4v) is 4.56. The highest BCUT2D eigenvalue weighted by atomic mass is 16.3. The Morgan fingerprint density at radius 1 is 1.10 bits per heavy atom. The maximum Gasteiger partial charge on any atom is 0.225 e. The van der Waals surface area contributed by atoms with E-state index in [-0.39, 0.29) is 24.0 Å². The van der Waals surface area contributed by atoms with Gasteiger partial charge in [-0.3, -0.25) is 4.79 Å². The Kier molecular flexibility index (Phi) is 5.08. The maximum absolute atomic E-state index is 12.7. The molecule has 0 radical (unpaired) electrons. The van der Waals surface area contributed by atoms with E-state index in [1.54, 1.807) is 6.20 Å². The minimum absolute atomic E-state index is 0.0658. The molecule has 1 aliphatic carbocycles. The zero-order valence-electron chi connectivity index (χ0n) is 16.8. The van der Waals surface area contributed by atoms with Crippen LogP contribution in [-0.4, -0.2) is 60.9 Å². The summed E-state index contributed by atoms with van der Waals surface area (Å²) in [6.45, 7) is 1.17. The van der Waals surface area contributed by atoms with Crippen molar-refractivity contribution in [2.75, 3.05) is 18.4 Å². The quantitative estimate of drug-likeness (QED) is 0.691. The minimum atomic E-state index is -0.358. The van der Waals surface area contributed by atoms with Gasteiger partial charge in [-0.15, -0.1) is 0 Å². The average Bonchev–Trinajstić information content (AvgIpc) is 3.40. The van der Waals surface area contributed by atoms with E-state index in [9.17, 15) is 9.90 Å². The van der Waals surface area contributed by atoms with Gasteiger partial charge in [0.2, 0.25) is 11.9 Å². The van der Waals surface area contributed by atoms with Gasteiger partial charge in [0.25, 0.3) is 0 Å². The van der Waals surface area contributed by atoms with Crippen LogP contribution in [0.5, 0.6) is 0 Å². The Morgan fingerprint density at radius 3 is 2.73 bits per heavy atom. The second kappa shape index (κ2) is 8.02. The molecule has 1 atom stereocenters. The number of fused-ring (bicyclic) bond motifs is 1. The molecule has 8 heteroatoms. The van der Waals surface area contributed by atoms with E-state index in [0.717, 1.165) is 42.4 Å². The van der Waals surface area contributed by atoms with Crippen molar-refractivity contribution in [1.29, 1.82) is 0 Å². The second-order valence-corrected chi connectivity index (χ2v) is 8.27. The van der Waals surface area contributed by atoms with Crippen molar-refractivity contribution in [2.24, 2.45) is 5.92 Å². The van der Waals surface area contributed by atoms with Crippen molar-refractivity contribution in [1.82, 2.24) is 24.6 Å².